The average molecular weight is 296 g/mol. The summed E-state index contributed by atoms with van der Waals surface area (Å²) in [5.74, 6) is 0.298. The third-order valence-corrected chi connectivity index (χ3v) is 5.04. The van der Waals surface area contributed by atoms with Gasteiger partial charge in [0.05, 0.1) is 6.54 Å². The summed E-state index contributed by atoms with van der Waals surface area (Å²) in [4.78, 5) is 19.1. The second-order valence-electron chi connectivity index (χ2n) is 6.86. The Balaban J connectivity index is 1.73. The molecule has 1 unspecified atom stereocenters. The van der Waals surface area contributed by atoms with E-state index >= 15 is 0 Å². The fourth-order valence-electron chi connectivity index (χ4n) is 3.44. The van der Waals surface area contributed by atoms with E-state index in [2.05, 4.69) is 35.9 Å². The molecule has 21 heavy (non-hydrogen) atoms. The van der Waals surface area contributed by atoms with Crippen LogP contribution in [0.2, 0.25) is 0 Å². The Bertz CT molecular complexity index is 329. The summed E-state index contributed by atoms with van der Waals surface area (Å²) < 4.78 is 0. The topological polar surface area (TPSA) is 38.8 Å². The Kier molecular flexibility index (Phi) is 6.02. The average Bonchev–Trinajstić information content (AvgIpc) is 2.91. The maximum Gasteiger partial charge on any atom is 0.236 e. The van der Waals surface area contributed by atoms with Crippen LogP contribution in [0.15, 0.2) is 0 Å². The number of nitrogens with zero attached hydrogens (tertiary/aromatic N) is 3. The third kappa shape index (κ3) is 4.66. The van der Waals surface area contributed by atoms with Gasteiger partial charge in [0.1, 0.15) is 0 Å². The van der Waals surface area contributed by atoms with E-state index < -0.39 is 0 Å². The molecule has 0 radical (unpaired) electrons. The van der Waals surface area contributed by atoms with Crippen LogP contribution < -0.4 is 5.32 Å². The molecule has 2 aliphatic rings. The number of amides is 1. The van der Waals surface area contributed by atoms with Crippen molar-refractivity contribution in [3.63, 3.8) is 0 Å². The van der Waals surface area contributed by atoms with Crippen LogP contribution in [-0.2, 0) is 4.79 Å². The highest BCUT2D eigenvalue weighted by atomic mass is 16.2. The molecule has 0 aromatic heterocycles. The number of hydrogen-bond acceptors (Lipinski definition) is 4. The zero-order valence-electron chi connectivity index (χ0n) is 14.0. The summed E-state index contributed by atoms with van der Waals surface area (Å²) in [7, 11) is 0. The zero-order valence-corrected chi connectivity index (χ0v) is 14.0. The summed E-state index contributed by atoms with van der Waals surface area (Å²) in [6.45, 7) is 16.4. The molecule has 0 saturated carbocycles. The number of carbonyl (C=O) groups excluding carboxylic acids is 1. The summed E-state index contributed by atoms with van der Waals surface area (Å²) in [6, 6.07) is 0. The molecule has 1 amide bonds. The predicted molar refractivity (Wildman–Crippen MR) is 86.4 cm³/mol. The molecule has 5 nitrogen and oxygen atoms in total. The van der Waals surface area contributed by atoms with Gasteiger partial charge in [0.15, 0.2) is 0 Å². The number of likely N-dealkylation sites (N-methyl/N-ethyl adjacent to an activating group) is 1. The van der Waals surface area contributed by atoms with Crippen LogP contribution in [0.25, 0.3) is 0 Å². The molecule has 0 aromatic rings. The molecule has 1 atom stereocenters. The Morgan fingerprint density at radius 2 is 1.86 bits per heavy atom. The molecule has 2 heterocycles. The number of carbonyl (C=O) groups is 1. The first-order valence-electron chi connectivity index (χ1n) is 8.49. The van der Waals surface area contributed by atoms with Gasteiger partial charge >= 0.3 is 0 Å². The highest BCUT2D eigenvalue weighted by Crippen LogP contribution is 2.26. The highest BCUT2D eigenvalue weighted by Gasteiger charge is 2.32. The number of nitrogens with one attached hydrogen (secondary N) is 1. The molecule has 5 heteroatoms. The van der Waals surface area contributed by atoms with Crippen molar-refractivity contribution in [3.05, 3.63) is 0 Å². The second-order valence-corrected chi connectivity index (χ2v) is 6.86. The van der Waals surface area contributed by atoms with Gasteiger partial charge in [-0.2, -0.15) is 0 Å². The summed E-state index contributed by atoms with van der Waals surface area (Å²) in [5.41, 5.74) is 0.424. The van der Waals surface area contributed by atoms with Crippen LogP contribution >= 0.6 is 0 Å². The highest BCUT2D eigenvalue weighted by molar-refractivity contribution is 5.78. The first kappa shape index (κ1) is 16.7. The van der Waals surface area contributed by atoms with Crippen molar-refractivity contribution < 1.29 is 4.79 Å². The van der Waals surface area contributed by atoms with Gasteiger partial charge in [-0.3, -0.25) is 14.6 Å². The second kappa shape index (κ2) is 7.56. The maximum atomic E-state index is 12.3. The molecule has 2 saturated heterocycles. The lowest BCUT2D eigenvalue weighted by Gasteiger charge is -2.39. The molecular weight excluding hydrogens is 264 g/mol. The van der Waals surface area contributed by atoms with E-state index in [9.17, 15) is 4.79 Å². The van der Waals surface area contributed by atoms with E-state index in [4.69, 9.17) is 0 Å². The van der Waals surface area contributed by atoms with Crippen molar-refractivity contribution in [2.75, 3.05) is 65.4 Å². The van der Waals surface area contributed by atoms with Crippen molar-refractivity contribution in [1.82, 2.24) is 20.0 Å². The first-order chi connectivity index (χ1) is 10.1. The van der Waals surface area contributed by atoms with Crippen LogP contribution in [0, 0.1) is 5.41 Å². The minimum atomic E-state index is 0.298. The van der Waals surface area contributed by atoms with Gasteiger partial charge in [-0.25, -0.2) is 0 Å². The lowest BCUT2D eigenvalue weighted by molar-refractivity contribution is -0.134. The Morgan fingerprint density at radius 3 is 2.38 bits per heavy atom. The van der Waals surface area contributed by atoms with Crippen molar-refractivity contribution in [2.24, 2.45) is 5.41 Å². The normalized spacial score (nSPS) is 27.5. The van der Waals surface area contributed by atoms with Crippen molar-refractivity contribution in [2.45, 2.75) is 27.2 Å². The van der Waals surface area contributed by atoms with E-state index in [1.165, 1.54) is 6.42 Å². The van der Waals surface area contributed by atoms with Crippen LogP contribution in [-0.4, -0.2) is 86.1 Å². The van der Waals surface area contributed by atoms with Crippen LogP contribution in [0.4, 0.5) is 0 Å². The summed E-state index contributed by atoms with van der Waals surface area (Å²) in [5, 5.41) is 3.47. The van der Waals surface area contributed by atoms with E-state index in [0.29, 0.717) is 17.9 Å². The molecule has 0 aromatic carbocycles. The van der Waals surface area contributed by atoms with Gasteiger partial charge in [0, 0.05) is 39.3 Å². The van der Waals surface area contributed by atoms with Crippen molar-refractivity contribution in [1.29, 1.82) is 0 Å². The monoisotopic (exact) mass is 296 g/mol. The molecule has 0 aliphatic carbocycles. The number of hydrogen-bond donors (Lipinski definition) is 1. The largest absolute Gasteiger partial charge is 0.339 e. The first-order valence-corrected chi connectivity index (χ1v) is 8.49. The van der Waals surface area contributed by atoms with E-state index in [-0.39, 0.29) is 0 Å². The Morgan fingerprint density at radius 1 is 1.19 bits per heavy atom. The minimum absolute atomic E-state index is 0.298. The molecule has 122 valence electrons. The SMILES string of the molecule is CCN(CC)CC(=O)N1CCN(CC2(C)CCNC2)CC1. The molecule has 0 spiro atoms. The van der Waals surface area contributed by atoms with Crippen molar-refractivity contribution >= 4 is 5.91 Å². The molecule has 2 rings (SSSR count). The zero-order chi connectivity index (χ0) is 15.3. The lowest BCUT2D eigenvalue weighted by atomic mass is 9.89. The standard InChI is InChI=1S/C16H32N4O/c1-4-18(5-2)12-15(21)20-10-8-19(9-11-20)14-16(3)6-7-17-13-16/h17H,4-14H2,1-3H3. The van der Waals surface area contributed by atoms with E-state index in [1.807, 2.05) is 4.90 Å². The van der Waals surface area contributed by atoms with E-state index in [0.717, 1.165) is 58.9 Å². The van der Waals surface area contributed by atoms with Crippen LogP contribution in [0.5, 0.6) is 0 Å². The van der Waals surface area contributed by atoms with Gasteiger partial charge in [0.25, 0.3) is 0 Å². The molecular formula is C16H32N4O. The Labute approximate surface area is 129 Å². The summed E-state index contributed by atoms with van der Waals surface area (Å²) >= 11 is 0. The Hall–Kier alpha value is -0.650. The van der Waals surface area contributed by atoms with Gasteiger partial charge in [-0.05, 0) is 31.5 Å². The predicted octanol–water partition coefficient (Wildman–Crippen LogP) is 0.472. The molecule has 1 N–H and O–H groups in total. The number of rotatable bonds is 6. The van der Waals surface area contributed by atoms with Crippen LogP contribution in [0.1, 0.15) is 27.2 Å². The van der Waals surface area contributed by atoms with Crippen LogP contribution in [0.3, 0.4) is 0 Å². The molecule has 2 aliphatic heterocycles. The third-order valence-electron chi connectivity index (χ3n) is 5.04. The van der Waals surface area contributed by atoms with E-state index in [1.54, 1.807) is 0 Å². The summed E-state index contributed by atoms with van der Waals surface area (Å²) in [6.07, 6.45) is 1.27. The number of piperazine rings is 1. The van der Waals surface area contributed by atoms with Crippen molar-refractivity contribution in [3.8, 4) is 0 Å². The van der Waals surface area contributed by atoms with Gasteiger partial charge < -0.3 is 10.2 Å². The van der Waals surface area contributed by atoms with Gasteiger partial charge in [-0.1, -0.05) is 20.8 Å². The smallest absolute Gasteiger partial charge is 0.236 e. The van der Waals surface area contributed by atoms with Gasteiger partial charge in [-0.15, -0.1) is 0 Å². The maximum absolute atomic E-state index is 12.3. The minimum Gasteiger partial charge on any atom is -0.339 e. The van der Waals surface area contributed by atoms with Gasteiger partial charge in [0.2, 0.25) is 5.91 Å². The fraction of sp³-hybridized carbons (Fsp3) is 0.938. The molecule has 0 bridgehead atoms. The lowest BCUT2D eigenvalue weighted by Crippen LogP contribution is -2.53. The quantitative estimate of drug-likeness (QED) is 0.773. The fourth-order valence-corrected chi connectivity index (χ4v) is 3.44. The molecule has 2 fully saturated rings.